The predicted octanol–water partition coefficient (Wildman–Crippen LogP) is 2.84. The molecule has 1 N–H and O–H groups in total. The van der Waals surface area contributed by atoms with Gasteiger partial charge in [-0.2, -0.15) is 0 Å². The summed E-state index contributed by atoms with van der Waals surface area (Å²) in [7, 11) is 1.57. The molecule has 0 amide bonds. The molecule has 0 aliphatic rings. The number of para-hydroxylation sites is 1. The normalized spacial score (nSPS) is 10.4. The topological polar surface area (TPSA) is 68.1 Å². The number of anilines is 1. The number of fused-ring (bicyclic) bond motifs is 1. The maximum atomic E-state index is 10.9. The van der Waals surface area contributed by atoms with Crippen LogP contribution in [0.2, 0.25) is 5.02 Å². The highest BCUT2D eigenvalue weighted by molar-refractivity contribution is 6.38. The molecule has 16 heavy (non-hydrogen) atoms. The molecular formula is C10H8ClN3O2. The van der Waals surface area contributed by atoms with Crippen LogP contribution in [-0.4, -0.2) is 17.0 Å². The van der Waals surface area contributed by atoms with Gasteiger partial charge in [0, 0.05) is 12.4 Å². The number of hydrogen-bond acceptors (Lipinski definition) is 4. The Labute approximate surface area is 96.2 Å². The Morgan fingerprint density at radius 2 is 2.12 bits per heavy atom. The Hall–Kier alpha value is -1.88. The molecule has 1 aromatic heterocycles. The third-order valence-electron chi connectivity index (χ3n) is 2.22. The highest BCUT2D eigenvalue weighted by atomic mass is 35.5. The van der Waals surface area contributed by atoms with Crippen LogP contribution in [0.1, 0.15) is 0 Å². The number of aromatic nitrogens is 1. The van der Waals surface area contributed by atoms with E-state index in [9.17, 15) is 10.1 Å². The summed E-state index contributed by atoms with van der Waals surface area (Å²) in [5.74, 6) is 0.175. The van der Waals surface area contributed by atoms with Crippen molar-refractivity contribution < 1.29 is 4.92 Å². The van der Waals surface area contributed by atoms with E-state index < -0.39 is 4.92 Å². The van der Waals surface area contributed by atoms with E-state index in [1.165, 1.54) is 0 Å². The zero-order valence-electron chi connectivity index (χ0n) is 8.40. The number of rotatable bonds is 2. The number of hydrogen-bond donors (Lipinski definition) is 1. The summed E-state index contributed by atoms with van der Waals surface area (Å²) in [6.07, 6.45) is 0. The fourth-order valence-corrected chi connectivity index (χ4v) is 1.82. The number of nitro groups is 1. The lowest BCUT2D eigenvalue weighted by molar-refractivity contribution is -0.383. The number of nitrogens with one attached hydrogen (secondary N) is 1. The molecule has 2 aromatic rings. The number of nitrogens with zero attached hydrogens (tertiary/aromatic N) is 2. The van der Waals surface area contributed by atoms with Gasteiger partial charge in [0.1, 0.15) is 5.02 Å². The van der Waals surface area contributed by atoms with Gasteiger partial charge in [-0.05, 0) is 6.07 Å². The van der Waals surface area contributed by atoms with Crippen molar-refractivity contribution in [3.8, 4) is 0 Å². The van der Waals surface area contributed by atoms with Gasteiger partial charge in [-0.15, -0.1) is 0 Å². The first-order valence-corrected chi connectivity index (χ1v) is 4.93. The van der Waals surface area contributed by atoms with Crippen molar-refractivity contribution in [2.45, 2.75) is 0 Å². The Balaban J connectivity index is 2.87. The molecule has 1 heterocycles. The van der Waals surface area contributed by atoms with Crippen LogP contribution in [0.5, 0.6) is 0 Å². The van der Waals surface area contributed by atoms with Gasteiger partial charge in [0.25, 0.3) is 0 Å². The Kier molecular flexibility index (Phi) is 2.62. The van der Waals surface area contributed by atoms with Crippen LogP contribution in [0.25, 0.3) is 10.9 Å². The molecule has 0 aliphatic heterocycles. The van der Waals surface area contributed by atoms with Crippen molar-refractivity contribution in [2.75, 3.05) is 12.4 Å². The molecule has 82 valence electrons. The zero-order valence-corrected chi connectivity index (χ0v) is 9.15. The summed E-state index contributed by atoms with van der Waals surface area (Å²) in [6, 6.07) is 7.03. The van der Waals surface area contributed by atoms with Gasteiger partial charge in [-0.25, -0.2) is 4.98 Å². The lowest BCUT2D eigenvalue weighted by atomic mass is 10.2. The molecular weight excluding hydrogens is 230 g/mol. The minimum atomic E-state index is -0.534. The summed E-state index contributed by atoms with van der Waals surface area (Å²) in [5.41, 5.74) is 0.435. The Morgan fingerprint density at radius 3 is 2.75 bits per heavy atom. The van der Waals surface area contributed by atoms with Crippen LogP contribution in [0, 0.1) is 10.1 Å². The van der Waals surface area contributed by atoms with Crippen LogP contribution in [0.15, 0.2) is 24.3 Å². The molecule has 0 saturated carbocycles. The van der Waals surface area contributed by atoms with Crippen LogP contribution < -0.4 is 5.32 Å². The second-order valence-electron chi connectivity index (χ2n) is 3.15. The maximum absolute atomic E-state index is 10.9. The fraction of sp³-hybridized carbons (Fsp3) is 0.100. The molecule has 0 aliphatic carbocycles. The summed E-state index contributed by atoms with van der Waals surface area (Å²) < 4.78 is 0. The smallest absolute Gasteiger partial charge is 0.330 e. The number of halogens is 1. The molecule has 0 saturated heterocycles. The van der Waals surface area contributed by atoms with Crippen molar-refractivity contribution in [1.29, 1.82) is 0 Å². The average molecular weight is 238 g/mol. The quantitative estimate of drug-likeness (QED) is 0.644. The van der Waals surface area contributed by atoms with Gasteiger partial charge in [-0.1, -0.05) is 29.8 Å². The van der Waals surface area contributed by atoms with Crippen LogP contribution in [0.3, 0.4) is 0 Å². The van der Waals surface area contributed by atoms with Crippen molar-refractivity contribution >= 4 is 34.0 Å². The first-order chi connectivity index (χ1) is 7.65. The van der Waals surface area contributed by atoms with E-state index in [0.29, 0.717) is 10.9 Å². The molecule has 1 aromatic carbocycles. The molecule has 2 rings (SSSR count). The van der Waals surface area contributed by atoms with Crippen molar-refractivity contribution in [1.82, 2.24) is 4.98 Å². The summed E-state index contributed by atoms with van der Waals surface area (Å²) >= 11 is 6.00. The first-order valence-electron chi connectivity index (χ1n) is 4.55. The van der Waals surface area contributed by atoms with E-state index in [1.54, 1.807) is 31.3 Å². The molecule has 6 heteroatoms. The molecule has 0 fully saturated rings. The number of benzene rings is 1. The van der Waals surface area contributed by atoms with Crippen molar-refractivity contribution in [3.05, 3.63) is 39.4 Å². The van der Waals surface area contributed by atoms with E-state index in [0.717, 1.165) is 0 Å². The van der Waals surface area contributed by atoms with E-state index in [1.807, 2.05) is 0 Å². The van der Waals surface area contributed by atoms with E-state index in [4.69, 9.17) is 11.6 Å². The lowest BCUT2D eigenvalue weighted by Crippen LogP contribution is -2.00. The monoisotopic (exact) mass is 237 g/mol. The molecule has 0 spiro atoms. The highest BCUT2D eigenvalue weighted by Crippen LogP contribution is 2.36. The van der Waals surface area contributed by atoms with Crippen LogP contribution in [-0.2, 0) is 0 Å². The first kappa shape index (κ1) is 10.6. The molecule has 0 atom stereocenters. The predicted molar refractivity (Wildman–Crippen MR) is 63.0 cm³/mol. The average Bonchev–Trinajstić information content (AvgIpc) is 2.28. The number of pyridine rings is 1. The van der Waals surface area contributed by atoms with E-state index in [2.05, 4.69) is 10.3 Å². The zero-order chi connectivity index (χ0) is 11.7. The second-order valence-corrected chi connectivity index (χ2v) is 3.53. The highest BCUT2D eigenvalue weighted by Gasteiger charge is 2.22. The minimum Gasteiger partial charge on any atom is -0.367 e. The molecule has 5 nitrogen and oxygen atoms in total. The van der Waals surface area contributed by atoms with Gasteiger partial charge < -0.3 is 5.32 Å². The maximum Gasteiger partial charge on any atom is 0.330 e. The summed E-state index contributed by atoms with van der Waals surface area (Å²) in [5, 5.41) is 14.2. The Morgan fingerprint density at radius 1 is 1.44 bits per heavy atom. The van der Waals surface area contributed by atoms with Crippen molar-refractivity contribution in [3.63, 3.8) is 0 Å². The largest absolute Gasteiger partial charge is 0.367 e. The lowest BCUT2D eigenvalue weighted by Gasteiger charge is -2.05. The summed E-state index contributed by atoms with van der Waals surface area (Å²) in [4.78, 5) is 14.5. The third kappa shape index (κ3) is 1.55. The summed E-state index contributed by atoms with van der Waals surface area (Å²) in [6.45, 7) is 0. The third-order valence-corrected chi connectivity index (χ3v) is 2.61. The van der Waals surface area contributed by atoms with Crippen LogP contribution in [0.4, 0.5) is 11.5 Å². The van der Waals surface area contributed by atoms with Gasteiger partial charge in [0.2, 0.25) is 5.82 Å². The van der Waals surface area contributed by atoms with Crippen molar-refractivity contribution in [2.24, 2.45) is 0 Å². The second kappa shape index (κ2) is 3.94. The fourth-order valence-electron chi connectivity index (χ4n) is 1.50. The molecule has 0 radical (unpaired) electrons. The standard InChI is InChI=1S/C10H8ClN3O2/c1-12-10-9(14(15)16)8(11)6-4-2-3-5-7(6)13-10/h2-5H,1H3,(H,12,13). The van der Waals surface area contributed by atoms with Gasteiger partial charge >= 0.3 is 5.69 Å². The Bertz CT molecular complexity index is 571. The molecule has 0 unspecified atom stereocenters. The van der Waals surface area contributed by atoms with Gasteiger partial charge in [0.15, 0.2) is 0 Å². The van der Waals surface area contributed by atoms with Crippen LogP contribution >= 0.6 is 11.6 Å². The van der Waals surface area contributed by atoms with E-state index >= 15 is 0 Å². The van der Waals surface area contributed by atoms with Gasteiger partial charge in [-0.3, -0.25) is 10.1 Å². The molecule has 0 bridgehead atoms. The van der Waals surface area contributed by atoms with Gasteiger partial charge in [0.05, 0.1) is 10.4 Å². The van der Waals surface area contributed by atoms with E-state index in [-0.39, 0.29) is 16.5 Å². The minimum absolute atomic E-state index is 0.111. The SMILES string of the molecule is CNc1nc2ccccc2c(Cl)c1[N+](=O)[O-].